The third-order valence-electron chi connectivity index (χ3n) is 2.52. The van der Waals surface area contributed by atoms with Gasteiger partial charge in [0, 0.05) is 26.0 Å². The highest BCUT2D eigenvalue weighted by Crippen LogP contribution is 2.17. The molecule has 0 bridgehead atoms. The molecular formula is C13H20N2. The summed E-state index contributed by atoms with van der Waals surface area (Å²) in [6.07, 6.45) is 4.06. The zero-order valence-electron chi connectivity index (χ0n) is 9.77. The molecule has 1 aromatic rings. The number of hydrogen-bond acceptors (Lipinski definition) is 2. The lowest BCUT2D eigenvalue weighted by atomic mass is 10.1. The van der Waals surface area contributed by atoms with Crippen molar-refractivity contribution >= 4 is 0 Å². The summed E-state index contributed by atoms with van der Waals surface area (Å²) in [6, 6.07) is 10.9. The molecule has 0 heterocycles. The van der Waals surface area contributed by atoms with E-state index in [1.165, 1.54) is 5.56 Å². The number of rotatable bonds is 5. The Morgan fingerprint density at radius 2 is 2.00 bits per heavy atom. The lowest BCUT2D eigenvalue weighted by molar-refractivity contribution is 0.359. The summed E-state index contributed by atoms with van der Waals surface area (Å²) < 4.78 is 0. The maximum atomic E-state index is 3.16. The molecule has 0 saturated heterocycles. The second-order valence-corrected chi connectivity index (χ2v) is 3.63. The van der Waals surface area contributed by atoms with Crippen molar-refractivity contribution in [2.45, 2.75) is 19.9 Å². The standard InChI is InChI=1S/C13H20N2/c1-4-14-10-11-15(3)12(2)13-8-6-5-7-9-13/h5-12,14H,4H2,1-3H3/b11-10-. The minimum absolute atomic E-state index is 0.404. The highest BCUT2D eigenvalue weighted by Gasteiger charge is 2.06. The predicted octanol–water partition coefficient (Wildman–Crippen LogP) is 2.76. The first kappa shape index (κ1) is 11.6. The third-order valence-corrected chi connectivity index (χ3v) is 2.52. The molecule has 0 saturated carbocycles. The molecule has 0 radical (unpaired) electrons. The second kappa shape index (κ2) is 6.12. The Balaban J connectivity index is 2.57. The van der Waals surface area contributed by atoms with Gasteiger partial charge in [-0.3, -0.25) is 0 Å². The Hall–Kier alpha value is -1.44. The fraction of sp³-hybridized carbons (Fsp3) is 0.385. The Morgan fingerprint density at radius 3 is 2.60 bits per heavy atom. The van der Waals surface area contributed by atoms with Gasteiger partial charge in [-0.2, -0.15) is 0 Å². The molecule has 1 unspecified atom stereocenters. The van der Waals surface area contributed by atoms with Crippen LogP contribution in [0.5, 0.6) is 0 Å². The fourth-order valence-electron chi connectivity index (χ4n) is 1.38. The first-order valence-corrected chi connectivity index (χ1v) is 5.42. The SMILES string of the molecule is CCN/C=C\N(C)C(C)c1ccccc1. The average Bonchev–Trinajstić information content (AvgIpc) is 2.29. The number of nitrogens with zero attached hydrogens (tertiary/aromatic N) is 1. The molecule has 1 atom stereocenters. The molecule has 0 aliphatic carbocycles. The van der Waals surface area contributed by atoms with E-state index in [-0.39, 0.29) is 0 Å². The van der Waals surface area contributed by atoms with E-state index >= 15 is 0 Å². The van der Waals surface area contributed by atoms with Crippen LogP contribution in [0.3, 0.4) is 0 Å². The summed E-state index contributed by atoms with van der Waals surface area (Å²) in [6.45, 7) is 5.25. The van der Waals surface area contributed by atoms with Gasteiger partial charge in [-0.15, -0.1) is 0 Å². The van der Waals surface area contributed by atoms with Gasteiger partial charge in [0.2, 0.25) is 0 Å². The second-order valence-electron chi connectivity index (χ2n) is 3.63. The van der Waals surface area contributed by atoms with Crippen molar-refractivity contribution < 1.29 is 0 Å². The third kappa shape index (κ3) is 3.66. The van der Waals surface area contributed by atoms with Crippen LogP contribution >= 0.6 is 0 Å². The monoisotopic (exact) mass is 204 g/mol. The van der Waals surface area contributed by atoms with E-state index < -0.39 is 0 Å². The van der Waals surface area contributed by atoms with E-state index in [2.05, 4.69) is 61.6 Å². The van der Waals surface area contributed by atoms with Gasteiger partial charge in [0.25, 0.3) is 0 Å². The van der Waals surface area contributed by atoms with E-state index in [1.54, 1.807) is 0 Å². The Labute approximate surface area is 92.6 Å². The van der Waals surface area contributed by atoms with Gasteiger partial charge in [0.1, 0.15) is 0 Å². The molecule has 2 heteroatoms. The van der Waals surface area contributed by atoms with Gasteiger partial charge >= 0.3 is 0 Å². The summed E-state index contributed by atoms with van der Waals surface area (Å²) in [7, 11) is 2.09. The highest BCUT2D eigenvalue weighted by atomic mass is 15.1. The smallest absolute Gasteiger partial charge is 0.0506 e. The van der Waals surface area contributed by atoms with Crippen LogP contribution in [-0.2, 0) is 0 Å². The molecule has 1 N–H and O–H groups in total. The summed E-state index contributed by atoms with van der Waals surface area (Å²) in [5, 5.41) is 3.16. The Kier molecular flexibility index (Phi) is 4.75. The van der Waals surface area contributed by atoms with E-state index in [0.29, 0.717) is 6.04 Å². The van der Waals surface area contributed by atoms with Crippen molar-refractivity contribution in [3.63, 3.8) is 0 Å². The summed E-state index contributed by atoms with van der Waals surface area (Å²) in [4.78, 5) is 2.19. The summed E-state index contributed by atoms with van der Waals surface area (Å²) >= 11 is 0. The van der Waals surface area contributed by atoms with Crippen LogP contribution in [-0.4, -0.2) is 18.5 Å². The normalized spacial score (nSPS) is 12.7. The molecule has 0 aromatic heterocycles. The van der Waals surface area contributed by atoms with E-state index in [9.17, 15) is 0 Å². The average molecular weight is 204 g/mol. The first-order chi connectivity index (χ1) is 7.25. The maximum absolute atomic E-state index is 3.16. The van der Waals surface area contributed by atoms with Crippen molar-refractivity contribution in [1.29, 1.82) is 0 Å². The molecule has 0 amide bonds. The van der Waals surface area contributed by atoms with Gasteiger partial charge in [0.15, 0.2) is 0 Å². The Bertz CT molecular complexity index is 293. The van der Waals surface area contributed by atoms with Crippen LogP contribution in [0.1, 0.15) is 25.5 Å². The minimum Gasteiger partial charge on any atom is -0.390 e. The van der Waals surface area contributed by atoms with E-state index in [1.807, 2.05) is 12.3 Å². The molecule has 0 spiro atoms. The lowest BCUT2D eigenvalue weighted by Crippen LogP contribution is -2.17. The largest absolute Gasteiger partial charge is 0.390 e. The zero-order chi connectivity index (χ0) is 11.1. The minimum atomic E-state index is 0.404. The lowest BCUT2D eigenvalue weighted by Gasteiger charge is -2.23. The van der Waals surface area contributed by atoms with Crippen LogP contribution in [0.25, 0.3) is 0 Å². The first-order valence-electron chi connectivity index (χ1n) is 5.42. The predicted molar refractivity (Wildman–Crippen MR) is 65.4 cm³/mol. The van der Waals surface area contributed by atoms with Crippen molar-refractivity contribution in [2.24, 2.45) is 0 Å². The van der Waals surface area contributed by atoms with Gasteiger partial charge in [-0.25, -0.2) is 0 Å². The van der Waals surface area contributed by atoms with Crippen LogP contribution < -0.4 is 5.32 Å². The van der Waals surface area contributed by atoms with Gasteiger partial charge < -0.3 is 10.2 Å². The number of hydrogen-bond donors (Lipinski definition) is 1. The zero-order valence-corrected chi connectivity index (χ0v) is 9.77. The molecule has 1 rings (SSSR count). The molecule has 0 aliphatic rings. The van der Waals surface area contributed by atoms with Gasteiger partial charge in [-0.05, 0) is 19.4 Å². The molecule has 1 aromatic carbocycles. The number of benzene rings is 1. The molecule has 15 heavy (non-hydrogen) atoms. The molecule has 0 aliphatic heterocycles. The molecular weight excluding hydrogens is 184 g/mol. The molecule has 82 valence electrons. The highest BCUT2D eigenvalue weighted by molar-refractivity contribution is 5.18. The quantitative estimate of drug-likeness (QED) is 0.793. The van der Waals surface area contributed by atoms with Crippen LogP contribution in [0.4, 0.5) is 0 Å². The molecule has 0 fully saturated rings. The van der Waals surface area contributed by atoms with Crippen LogP contribution in [0.2, 0.25) is 0 Å². The van der Waals surface area contributed by atoms with Gasteiger partial charge in [0.05, 0.1) is 6.04 Å². The van der Waals surface area contributed by atoms with E-state index in [0.717, 1.165) is 6.54 Å². The van der Waals surface area contributed by atoms with Crippen molar-refractivity contribution in [3.8, 4) is 0 Å². The Morgan fingerprint density at radius 1 is 1.33 bits per heavy atom. The van der Waals surface area contributed by atoms with Gasteiger partial charge in [-0.1, -0.05) is 30.3 Å². The van der Waals surface area contributed by atoms with E-state index in [4.69, 9.17) is 0 Å². The summed E-state index contributed by atoms with van der Waals surface area (Å²) in [5.41, 5.74) is 1.33. The maximum Gasteiger partial charge on any atom is 0.0506 e. The van der Waals surface area contributed by atoms with Crippen LogP contribution in [0.15, 0.2) is 42.7 Å². The van der Waals surface area contributed by atoms with Crippen molar-refractivity contribution in [1.82, 2.24) is 10.2 Å². The van der Waals surface area contributed by atoms with Crippen LogP contribution in [0, 0.1) is 0 Å². The number of nitrogens with one attached hydrogen (secondary N) is 1. The van der Waals surface area contributed by atoms with Crippen molar-refractivity contribution in [3.05, 3.63) is 48.3 Å². The van der Waals surface area contributed by atoms with Crippen molar-refractivity contribution in [2.75, 3.05) is 13.6 Å². The molecule has 2 nitrogen and oxygen atoms in total. The summed E-state index contributed by atoms with van der Waals surface area (Å²) in [5.74, 6) is 0. The topological polar surface area (TPSA) is 15.3 Å². The fourth-order valence-corrected chi connectivity index (χ4v) is 1.38.